The zero-order valence-corrected chi connectivity index (χ0v) is 22.5. The lowest BCUT2D eigenvalue weighted by atomic mass is 10.7. The molecule has 2 heterocycles. The topological polar surface area (TPSA) is 61.8 Å². The van der Waals surface area contributed by atoms with E-state index in [4.69, 9.17) is 14.2 Å². The van der Waals surface area contributed by atoms with Crippen molar-refractivity contribution in [3.63, 3.8) is 0 Å². The predicted molar refractivity (Wildman–Crippen MR) is 134 cm³/mol. The van der Waals surface area contributed by atoms with Gasteiger partial charge >= 0.3 is 0 Å². The Balaban J connectivity index is 1.40. The van der Waals surface area contributed by atoms with Crippen LogP contribution >= 0.6 is 88.4 Å². The molecule has 2 aromatic heterocycles. The summed E-state index contributed by atoms with van der Waals surface area (Å²) >= 11 is 6.38. The molecule has 0 aromatic carbocycles. The van der Waals surface area contributed by atoms with Crippen molar-refractivity contribution in [2.45, 2.75) is 18.2 Å². The van der Waals surface area contributed by atoms with Crippen LogP contribution in [0.3, 0.4) is 0 Å². The third kappa shape index (κ3) is 9.56. The van der Waals surface area contributed by atoms with Crippen molar-refractivity contribution >= 4 is 88.4 Å². The summed E-state index contributed by atoms with van der Waals surface area (Å²) in [6.07, 6.45) is 3.98. The standard InChI is InChI=1S/C16H22O5S8/c1-22-15-11(13(17)26-28-15)24-9-7-20-5-3-19-4-6-21-8-10-25-12-14(18)27-29-16(12)23-2/h3-10H2,1-2H3. The van der Waals surface area contributed by atoms with Gasteiger partial charge in [-0.25, -0.2) is 0 Å². The van der Waals surface area contributed by atoms with E-state index >= 15 is 0 Å². The van der Waals surface area contributed by atoms with Crippen LogP contribution in [-0.4, -0.2) is 63.7 Å². The van der Waals surface area contributed by atoms with E-state index in [0.29, 0.717) is 39.6 Å². The molecule has 0 aliphatic heterocycles. The molecule has 0 aliphatic rings. The molecule has 0 atom stereocenters. The molecule has 164 valence electrons. The fourth-order valence-electron chi connectivity index (χ4n) is 1.91. The molecular weight excluding hydrogens is 529 g/mol. The molecule has 0 amide bonds. The Morgan fingerprint density at radius 1 is 0.621 bits per heavy atom. The van der Waals surface area contributed by atoms with Gasteiger partial charge in [0, 0.05) is 11.5 Å². The largest absolute Gasteiger partial charge is 0.378 e. The van der Waals surface area contributed by atoms with Crippen molar-refractivity contribution in [1.29, 1.82) is 0 Å². The van der Waals surface area contributed by atoms with E-state index in [2.05, 4.69) is 0 Å². The quantitative estimate of drug-likeness (QED) is 0.163. The summed E-state index contributed by atoms with van der Waals surface area (Å²) < 4.78 is 19.1. The summed E-state index contributed by atoms with van der Waals surface area (Å²) in [5.41, 5.74) is 0. The van der Waals surface area contributed by atoms with Gasteiger partial charge in [0.15, 0.2) is 0 Å². The average Bonchev–Trinajstić information content (AvgIpc) is 3.27. The Morgan fingerprint density at radius 2 is 1.00 bits per heavy atom. The molecule has 0 fully saturated rings. The molecule has 13 heteroatoms. The normalized spacial score (nSPS) is 11.4. The third-order valence-electron chi connectivity index (χ3n) is 3.19. The lowest BCUT2D eigenvalue weighted by Crippen LogP contribution is -2.11. The van der Waals surface area contributed by atoms with E-state index in [1.807, 2.05) is 12.5 Å². The van der Waals surface area contributed by atoms with Crippen LogP contribution in [-0.2, 0) is 14.2 Å². The van der Waals surface area contributed by atoms with Crippen LogP contribution in [0, 0.1) is 0 Å². The van der Waals surface area contributed by atoms with Gasteiger partial charge in [0.2, 0.25) is 0 Å². The monoisotopic (exact) mass is 550 g/mol. The van der Waals surface area contributed by atoms with Crippen molar-refractivity contribution < 1.29 is 14.2 Å². The van der Waals surface area contributed by atoms with Crippen LogP contribution in [0.25, 0.3) is 0 Å². The second-order valence-electron chi connectivity index (χ2n) is 5.08. The van der Waals surface area contributed by atoms with Gasteiger partial charge in [0.1, 0.15) is 0 Å². The van der Waals surface area contributed by atoms with E-state index in [9.17, 15) is 9.59 Å². The first kappa shape index (κ1) is 26.2. The molecule has 29 heavy (non-hydrogen) atoms. The van der Waals surface area contributed by atoms with Crippen LogP contribution in [0.1, 0.15) is 0 Å². The molecule has 2 rings (SSSR count). The number of ether oxygens (including phenoxy) is 3. The van der Waals surface area contributed by atoms with E-state index in [-0.39, 0.29) is 9.48 Å². The van der Waals surface area contributed by atoms with Crippen molar-refractivity contribution in [2.24, 2.45) is 0 Å². The maximum Gasteiger partial charge on any atom is 0.257 e. The lowest BCUT2D eigenvalue weighted by molar-refractivity contribution is 0.0205. The van der Waals surface area contributed by atoms with Gasteiger partial charge in [-0.2, -0.15) is 0 Å². The van der Waals surface area contributed by atoms with Gasteiger partial charge in [-0.05, 0) is 33.2 Å². The minimum Gasteiger partial charge on any atom is -0.378 e. The molecule has 0 aliphatic carbocycles. The maximum atomic E-state index is 11.7. The second kappa shape index (κ2) is 15.7. The molecule has 0 saturated heterocycles. The van der Waals surface area contributed by atoms with Gasteiger partial charge in [0.25, 0.3) is 9.48 Å². The molecule has 0 unspecified atom stereocenters. The fraction of sp³-hybridized carbons (Fsp3) is 0.625. The second-order valence-corrected chi connectivity index (χ2v) is 13.7. The highest BCUT2D eigenvalue weighted by Gasteiger charge is 2.11. The fourth-order valence-corrected chi connectivity index (χ4v) is 12.0. The smallest absolute Gasteiger partial charge is 0.257 e. The summed E-state index contributed by atoms with van der Waals surface area (Å²) in [4.78, 5) is 25.2. The number of hydrogen-bond donors (Lipinski definition) is 0. The van der Waals surface area contributed by atoms with Crippen LogP contribution in [0.15, 0.2) is 27.8 Å². The zero-order valence-electron chi connectivity index (χ0n) is 16.0. The van der Waals surface area contributed by atoms with Crippen molar-refractivity contribution in [2.75, 3.05) is 63.7 Å². The van der Waals surface area contributed by atoms with E-state index in [1.165, 1.54) is 20.7 Å². The van der Waals surface area contributed by atoms with Crippen LogP contribution in [0.2, 0.25) is 0 Å². The van der Waals surface area contributed by atoms with Crippen LogP contribution < -0.4 is 9.48 Å². The van der Waals surface area contributed by atoms with Crippen molar-refractivity contribution in [1.82, 2.24) is 0 Å². The number of rotatable bonds is 16. The molecule has 0 N–H and O–H groups in total. The van der Waals surface area contributed by atoms with E-state index in [0.717, 1.165) is 29.7 Å². The first-order valence-electron chi connectivity index (χ1n) is 8.50. The average molecular weight is 551 g/mol. The Hall–Kier alpha value is 0.980. The van der Waals surface area contributed by atoms with Gasteiger partial charge < -0.3 is 14.2 Å². The van der Waals surface area contributed by atoms with Crippen LogP contribution in [0.4, 0.5) is 0 Å². The van der Waals surface area contributed by atoms with Crippen LogP contribution in [0.5, 0.6) is 0 Å². The first-order chi connectivity index (χ1) is 14.2. The summed E-state index contributed by atoms with van der Waals surface area (Å²) in [5, 5.41) is 0. The first-order valence-corrected chi connectivity index (χ1v) is 17.2. The highest BCUT2D eigenvalue weighted by molar-refractivity contribution is 8.05. The molecule has 0 bridgehead atoms. The summed E-state index contributed by atoms with van der Waals surface area (Å²) in [7, 11) is 5.69. The zero-order chi connectivity index (χ0) is 20.9. The summed E-state index contributed by atoms with van der Waals surface area (Å²) in [5.74, 6) is 1.53. The molecule has 0 saturated carbocycles. The molecule has 2 aromatic rings. The Kier molecular flexibility index (Phi) is 14.2. The number of hydrogen-bond acceptors (Lipinski definition) is 13. The van der Waals surface area contributed by atoms with Gasteiger partial charge in [0.05, 0.1) is 57.9 Å². The van der Waals surface area contributed by atoms with Gasteiger partial charge in [-0.1, -0.05) is 20.7 Å². The Morgan fingerprint density at radius 3 is 1.38 bits per heavy atom. The summed E-state index contributed by atoms with van der Waals surface area (Å²) in [6.45, 7) is 3.31. The van der Waals surface area contributed by atoms with E-state index in [1.54, 1.807) is 67.7 Å². The summed E-state index contributed by atoms with van der Waals surface area (Å²) in [6, 6.07) is 0. The molecular formula is C16H22O5S8. The minimum atomic E-state index is 0.153. The minimum absolute atomic E-state index is 0.153. The molecule has 0 radical (unpaired) electrons. The maximum absolute atomic E-state index is 11.7. The third-order valence-corrected chi connectivity index (χ3v) is 13.3. The van der Waals surface area contributed by atoms with E-state index < -0.39 is 0 Å². The highest BCUT2D eigenvalue weighted by Crippen LogP contribution is 2.34. The predicted octanol–water partition coefficient (Wildman–Crippen LogP) is 5.03. The Bertz CT molecular complexity index is 745. The van der Waals surface area contributed by atoms with Crippen molar-refractivity contribution in [3.8, 4) is 0 Å². The molecule has 0 spiro atoms. The van der Waals surface area contributed by atoms with Crippen molar-refractivity contribution in [3.05, 3.63) is 19.1 Å². The SMILES string of the molecule is CSc1ssc(=O)c1SCCOCCOCCOCCSc1c(SC)ssc1=O. The molecule has 5 nitrogen and oxygen atoms in total. The number of thioether (sulfide) groups is 4. The van der Waals surface area contributed by atoms with Gasteiger partial charge in [-0.15, -0.1) is 47.0 Å². The Labute approximate surface area is 202 Å². The van der Waals surface area contributed by atoms with Gasteiger partial charge in [-0.3, -0.25) is 9.59 Å². The lowest BCUT2D eigenvalue weighted by Gasteiger charge is -2.07. The highest BCUT2D eigenvalue weighted by atomic mass is 32.9.